The van der Waals surface area contributed by atoms with Crippen molar-refractivity contribution >= 4 is 23.1 Å². The fraction of sp³-hybridized carbons (Fsp3) is 0.105. The second-order valence-corrected chi connectivity index (χ2v) is 6.42. The molecule has 0 saturated carbocycles. The Morgan fingerprint density at radius 3 is 2.32 bits per heavy atom. The molecule has 1 aromatic carbocycles. The van der Waals surface area contributed by atoms with Gasteiger partial charge in [-0.25, -0.2) is 23.1 Å². The average molecular weight is 438 g/mol. The zero-order valence-corrected chi connectivity index (χ0v) is 15.3. The highest BCUT2D eigenvalue weighted by Crippen LogP contribution is 2.33. The molecule has 0 saturated heterocycles. The van der Waals surface area contributed by atoms with Crippen molar-refractivity contribution in [3.8, 4) is 11.4 Å². The van der Waals surface area contributed by atoms with E-state index in [1.165, 1.54) is 12.1 Å². The summed E-state index contributed by atoms with van der Waals surface area (Å²) in [6, 6.07) is 7.55. The lowest BCUT2D eigenvalue weighted by Gasteiger charge is -2.11. The monoisotopic (exact) mass is 438 g/mol. The zero-order chi connectivity index (χ0) is 22.3. The number of nitrogens with zero attached hydrogens (tertiary/aromatic N) is 4. The molecule has 3 aromatic heterocycles. The van der Waals surface area contributed by atoms with Crippen LogP contribution in [0.2, 0.25) is 0 Å². The van der Waals surface area contributed by atoms with Gasteiger partial charge in [0.25, 0.3) is 6.43 Å². The van der Waals surface area contributed by atoms with E-state index in [0.29, 0.717) is 0 Å². The number of nitrogens with one attached hydrogen (secondary N) is 1. The Hall–Kier alpha value is -3.83. The molecule has 3 heterocycles. The van der Waals surface area contributed by atoms with Gasteiger partial charge in [-0.15, -0.1) is 0 Å². The fourth-order valence-corrected chi connectivity index (χ4v) is 2.96. The first-order valence-electron chi connectivity index (χ1n) is 8.66. The normalized spacial score (nSPS) is 12.0. The summed E-state index contributed by atoms with van der Waals surface area (Å²) in [5, 5.41) is 2.67. The molecule has 6 nitrogen and oxygen atoms in total. The molecule has 0 aliphatic rings. The van der Waals surface area contributed by atoms with Crippen LogP contribution < -0.4 is 11.1 Å². The summed E-state index contributed by atoms with van der Waals surface area (Å²) in [6.07, 6.45) is -6.51. The minimum Gasteiger partial charge on any atom is -0.384 e. The molecular formula is C19H12F6N6. The van der Waals surface area contributed by atoms with Crippen LogP contribution >= 0.6 is 0 Å². The molecule has 0 unspecified atom stereocenters. The van der Waals surface area contributed by atoms with Gasteiger partial charge >= 0.3 is 6.18 Å². The van der Waals surface area contributed by atoms with Crippen LogP contribution in [-0.4, -0.2) is 19.4 Å². The second-order valence-electron chi connectivity index (χ2n) is 6.42. The van der Waals surface area contributed by atoms with Crippen molar-refractivity contribution in [2.24, 2.45) is 0 Å². The molecule has 0 atom stereocenters. The van der Waals surface area contributed by atoms with Gasteiger partial charge in [-0.3, -0.25) is 4.40 Å². The summed E-state index contributed by atoms with van der Waals surface area (Å²) in [7, 11) is 0. The van der Waals surface area contributed by atoms with Gasteiger partial charge in [-0.1, -0.05) is 0 Å². The summed E-state index contributed by atoms with van der Waals surface area (Å²) in [5.41, 5.74) is 4.31. The van der Waals surface area contributed by atoms with Crippen LogP contribution in [-0.2, 0) is 6.18 Å². The molecule has 0 radical (unpaired) electrons. The van der Waals surface area contributed by atoms with Crippen molar-refractivity contribution in [3.05, 3.63) is 65.7 Å². The van der Waals surface area contributed by atoms with E-state index in [4.69, 9.17) is 5.73 Å². The van der Waals surface area contributed by atoms with Gasteiger partial charge in [0.15, 0.2) is 0 Å². The van der Waals surface area contributed by atoms with Crippen LogP contribution in [0.5, 0.6) is 0 Å². The molecule has 0 spiro atoms. The Bertz CT molecular complexity index is 1250. The van der Waals surface area contributed by atoms with Gasteiger partial charge in [0.2, 0.25) is 5.95 Å². The number of hydrogen-bond donors (Lipinski definition) is 2. The SMILES string of the molecule is Nc1cc(-c2c(C(F)F)nc3ccc(F)cn23)nc(Nc2ccc(C(F)(F)F)cc2)n1. The summed E-state index contributed by atoms with van der Waals surface area (Å²) in [6.45, 7) is 0. The molecule has 4 aromatic rings. The summed E-state index contributed by atoms with van der Waals surface area (Å²) in [5.74, 6) is -0.940. The van der Waals surface area contributed by atoms with E-state index < -0.39 is 29.7 Å². The highest BCUT2D eigenvalue weighted by atomic mass is 19.4. The highest BCUT2D eigenvalue weighted by molar-refractivity contribution is 5.68. The number of rotatable bonds is 4. The van der Waals surface area contributed by atoms with Gasteiger partial charge in [-0.05, 0) is 36.4 Å². The molecule has 0 fully saturated rings. The average Bonchev–Trinajstić information content (AvgIpc) is 3.06. The Morgan fingerprint density at radius 1 is 0.968 bits per heavy atom. The number of aromatic nitrogens is 4. The van der Waals surface area contributed by atoms with E-state index in [1.807, 2.05) is 0 Å². The molecule has 31 heavy (non-hydrogen) atoms. The largest absolute Gasteiger partial charge is 0.416 e. The number of pyridine rings is 1. The summed E-state index contributed by atoms with van der Waals surface area (Å²) >= 11 is 0. The van der Waals surface area contributed by atoms with Gasteiger partial charge in [0.05, 0.1) is 11.3 Å². The van der Waals surface area contributed by atoms with Crippen molar-refractivity contribution < 1.29 is 26.3 Å². The summed E-state index contributed by atoms with van der Waals surface area (Å²) < 4.78 is 80.1. The maximum Gasteiger partial charge on any atom is 0.416 e. The Morgan fingerprint density at radius 2 is 1.68 bits per heavy atom. The van der Waals surface area contributed by atoms with Crippen LogP contribution in [0.15, 0.2) is 48.7 Å². The zero-order valence-electron chi connectivity index (χ0n) is 15.3. The predicted octanol–water partition coefficient (Wildman–Crippen LogP) is 5.21. The van der Waals surface area contributed by atoms with Crippen molar-refractivity contribution in [2.45, 2.75) is 12.6 Å². The Labute approximate surface area is 170 Å². The van der Waals surface area contributed by atoms with Gasteiger partial charge in [0, 0.05) is 18.0 Å². The molecule has 0 aliphatic carbocycles. The number of hydrogen-bond acceptors (Lipinski definition) is 5. The van der Waals surface area contributed by atoms with Crippen molar-refractivity contribution in [1.29, 1.82) is 0 Å². The second kappa shape index (κ2) is 7.45. The number of benzene rings is 1. The third-order valence-electron chi connectivity index (χ3n) is 4.27. The number of nitrogen functional groups attached to an aromatic ring is 1. The van der Waals surface area contributed by atoms with Gasteiger partial charge in [-0.2, -0.15) is 18.2 Å². The summed E-state index contributed by atoms with van der Waals surface area (Å²) in [4.78, 5) is 11.9. The predicted molar refractivity (Wildman–Crippen MR) is 100 cm³/mol. The molecule has 0 bridgehead atoms. The van der Waals surface area contributed by atoms with Gasteiger partial charge < -0.3 is 11.1 Å². The van der Waals surface area contributed by atoms with E-state index in [-0.39, 0.29) is 34.5 Å². The number of fused-ring (bicyclic) bond motifs is 1. The molecule has 3 N–H and O–H groups in total. The van der Waals surface area contributed by atoms with Crippen LogP contribution in [0, 0.1) is 5.82 Å². The van der Waals surface area contributed by atoms with E-state index in [0.717, 1.165) is 40.9 Å². The Kier molecular flexibility index (Phi) is 4.91. The minimum atomic E-state index is -4.50. The lowest BCUT2D eigenvalue weighted by atomic mass is 10.2. The van der Waals surface area contributed by atoms with E-state index in [2.05, 4.69) is 20.3 Å². The highest BCUT2D eigenvalue weighted by Gasteiger charge is 2.30. The number of alkyl halides is 5. The molecule has 0 amide bonds. The Balaban J connectivity index is 1.77. The molecular weight excluding hydrogens is 426 g/mol. The lowest BCUT2D eigenvalue weighted by Crippen LogP contribution is -2.06. The van der Waals surface area contributed by atoms with E-state index >= 15 is 0 Å². The number of halogens is 6. The molecule has 160 valence electrons. The van der Waals surface area contributed by atoms with E-state index in [1.54, 1.807) is 0 Å². The van der Waals surface area contributed by atoms with Crippen LogP contribution in [0.25, 0.3) is 17.0 Å². The third-order valence-corrected chi connectivity index (χ3v) is 4.27. The van der Waals surface area contributed by atoms with Crippen molar-refractivity contribution in [2.75, 3.05) is 11.1 Å². The quantitative estimate of drug-likeness (QED) is 0.428. The molecule has 4 rings (SSSR count). The van der Waals surface area contributed by atoms with Crippen LogP contribution in [0.3, 0.4) is 0 Å². The van der Waals surface area contributed by atoms with Crippen molar-refractivity contribution in [3.63, 3.8) is 0 Å². The van der Waals surface area contributed by atoms with Crippen molar-refractivity contribution in [1.82, 2.24) is 19.4 Å². The number of imidazole rings is 1. The first-order chi connectivity index (χ1) is 14.6. The first kappa shape index (κ1) is 20.4. The standard InChI is InChI=1S/C19H12F6N6/c20-10-3-6-14-30-15(17(21)22)16(31(14)8-10)12-7-13(26)29-18(28-12)27-11-4-1-9(2-5-11)19(23,24)25/h1-8,17H,(H3,26,27,28,29). The van der Waals surface area contributed by atoms with Gasteiger partial charge in [0.1, 0.15) is 28.7 Å². The number of nitrogens with two attached hydrogens (primary N) is 1. The maximum atomic E-state index is 13.7. The lowest BCUT2D eigenvalue weighted by molar-refractivity contribution is -0.137. The van der Waals surface area contributed by atoms with E-state index in [9.17, 15) is 26.3 Å². The van der Waals surface area contributed by atoms with Crippen LogP contribution in [0.1, 0.15) is 17.7 Å². The van der Waals surface area contributed by atoms with Crippen LogP contribution in [0.4, 0.5) is 43.8 Å². The number of anilines is 3. The minimum absolute atomic E-state index is 0.0705. The molecule has 12 heteroatoms. The smallest absolute Gasteiger partial charge is 0.384 e. The molecule has 0 aliphatic heterocycles. The fourth-order valence-electron chi connectivity index (χ4n) is 2.96. The third kappa shape index (κ3) is 4.09. The topological polar surface area (TPSA) is 81.1 Å². The maximum absolute atomic E-state index is 13.7. The first-order valence-corrected chi connectivity index (χ1v) is 8.66.